The molecule has 2 aliphatic rings. The molecular formula is C55H47N3O7. The van der Waals surface area contributed by atoms with Crippen molar-refractivity contribution in [2.24, 2.45) is 0 Å². The minimum absolute atomic E-state index is 0.174. The summed E-state index contributed by atoms with van der Waals surface area (Å²) >= 11 is 0. The first kappa shape index (κ1) is 40.8. The summed E-state index contributed by atoms with van der Waals surface area (Å²) in [7, 11) is 1.55. The summed E-state index contributed by atoms with van der Waals surface area (Å²) in [6.45, 7) is 1.37. The number of imide groups is 1. The van der Waals surface area contributed by atoms with Gasteiger partial charge in [-0.2, -0.15) is 0 Å². The monoisotopic (exact) mass is 861 g/mol. The molecule has 7 aromatic carbocycles. The standard InChI is InChI=1S/C55H47N3O7/c1-57-53(59)46-44-39-26-14-16-28-41(39)56-48(44)49-45(47(46)54(57)60)40-27-15-17-29-42(40)58(49)55-52(64-33-38-24-12-5-13-25-38)51(63-32-37-22-10-4-11-23-37)50(62-31-36-20-8-3-9-21-36)43(65-55)34-61-30-35-18-6-2-7-19-35/h2-29,43,50-52,55-56H,30-34H2,1H3/t43-,50-,51+,52-,55-/m1/s1. The molecule has 324 valence electrons. The van der Waals surface area contributed by atoms with E-state index in [4.69, 9.17) is 23.7 Å². The maximum absolute atomic E-state index is 14.4. The molecule has 65 heavy (non-hydrogen) atoms. The van der Waals surface area contributed by atoms with Gasteiger partial charge in [-0.1, -0.05) is 158 Å². The molecule has 0 unspecified atom stereocenters. The van der Waals surface area contributed by atoms with Crippen molar-refractivity contribution in [3.05, 3.63) is 203 Å². The molecule has 1 saturated heterocycles. The second kappa shape index (κ2) is 17.6. The van der Waals surface area contributed by atoms with Crippen LogP contribution in [0.1, 0.15) is 49.2 Å². The van der Waals surface area contributed by atoms with Crippen LogP contribution in [0.4, 0.5) is 0 Å². The maximum Gasteiger partial charge on any atom is 0.262 e. The molecule has 2 aromatic heterocycles. The third-order valence-corrected chi connectivity index (χ3v) is 12.8. The van der Waals surface area contributed by atoms with Crippen LogP contribution >= 0.6 is 0 Å². The number of hydrogen-bond donors (Lipinski definition) is 1. The number of amides is 2. The molecule has 0 radical (unpaired) electrons. The average molecular weight is 862 g/mol. The number of aromatic amines is 1. The first-order valence-corrected chi connectivity index (χ1v) is 22.1. The Balaban J connectivity index is 1.14. The second-order valence-electron chi connectivity index (χ2n) is 16.8. The fraction of sp³-hybridized carbons (Fsp3) is 0.200. The van der Waals surface area contributed by atoms with E-state index in [0.717, 1.165) is 55.1 Å². The van der Waals surface area contributed by atoms with Gasteiger partial charge in [0.1, 0.15) is 24.4 Å². The van der Waals surface area contributed by atoms with Gasteiger partial charge in [0.05, 0.1) is 60.7 Å². The van der Waals surface area contributed by atoms with E-state index in [0.29, 0.717) is 35.1 Å². The highest BCUT2D eigenvalue weighted by atomic mass is 16.6. The number of carbonyl (C=O) groups is 2. The molecule has 11 rings (SSSR count). The van der Waals surface area contributed by atoms with Crippen molar-refractivity contribution in [3.63, 3.8) is 0 Å². The molecule has 1 N–H and O–H groups in total. The summed E-state index contributed by atoms with van der Waals surface area (Å²) in [5.74, 6) is -0.683. The number of rotatable bonds is 14. The zero-order valence-electron chi connectivity index (χ0n) is 35.8. The van der Waals surface area contributed by atoms with Crippen LogP contribution < -0.4 is 0 Å². The van der Waals surface area contributed by atoms with Crippen LogP contribution in [0.25, 0.3) is 43.6 Å². The summed E-state index contributed by atoms with van der Waals surface area (Å²) in [5.41, 5.74) is 7.87. The fourth-order valence-corrected chi connectivity index (χ4v) is 9.68. The van der Waals surface area contributed by atoms with Crippen molar-refractivity contribution in [1.82, 2.24) is 14.5 Å². The van der Waals surface area contributed by atoms with Crippen molar-refractivity contribution in [3.8, 4) is 0 Å². The van der Waals surface area contributed by atoms with Gasteiger partial charge in [-0.05, 0) is 34.4 Å². The fourth-order valence-electron chi connectivity index (χ4n) is 9.68. The molecule has 0 saturated carbocycles. The summed E-state index contributed by atoms with van der Waals surface area (Å²) in [4.78, 5) is 33.6. The molecule has 10 nitrogen and oxygen atoms in total. The van der Waals surface area contributed by atoms with E-state index in [1.54, 1.807) is 7.05 Å². The summed E-state index contributed by atoms with van der Waals surface area (Å²) < 4.78 is 37.6. The van der Waals surface area contributed by atoms with E-state index >= 15 is 0 Å². The highest BCUT2D eigenvalue weighted by molar-refractivity contribution is 6.39. The topological polar surface area (TPSA) is 104 Å². The zero-order chi connectivity index (χ0) is 43.9. The number of H-pyrrole nitrogens is 1. The third-order valence-electron chi connectivity index (χ3n) is 12.8. The lowest BCUT2D eigenvalue weighted by Crippen LogP contribution is -2.59. The minimum atomic E-state index is -0.860. The van der Waals surface area contributed by atoms with Crippen molar-refractivity contribution in [2.45, 2.75) is 57.1 Å². The Hall–Kier alpha value is -6.92. The lowest BCUT2D eigenvalue weighted by molar-refractivity contribution is -0.288. The Kier molecular flexibility index (Phi) is 11.0. The van der Waals surface area contributed by atoms with Crippen LogP contribution in [-0.2, 0) is 50.1 Å². The number of carbonyl (C=O) groups excluding carboxylic acids is 2. The molecule has 2 amide bonds. The molecule has 2 aliphatic heterocycles. The predicted molar refractivity (Wildman–Crippen MR) is 250 cm³/mol. The van der Waals surface area contributed by atoms with E-state index in [1.165, 1.54) is 4.90 Å². The average Bonchev–Trinajstić information content (AvgIpc) is 3.98. The van der Waals surface area contributed by atoms with Crippen molar-refractivity contribution in [2.75, 3.05) is 13.7 Å². The van der Waals surface area contributed by atoms with Crippen LogP contribution in [-0.4, -0.2) is 64.3 Å². The van der Waals surface area contributed by atoms with Crippen molar-refractivity contribution >= 4 is 55.4 Å². The first-order chi connectivity index (χ1) is 32.0. The van der Waals surface area contributed by atoms with E-state index in [2.05, 4.69) is 9.55 Å². The molecule has 10 heteroatoms. The molecule has 0 aliphatic carbocycles. The number of ether oxygens (including phenoxy) is 5. The maximum atomic E-state index is 14.4. The zero-order valence-corrected chi connectivity index (χ0v) is 35.8. The Bertz CT molecular complexity index is 3150. The Morgan fingerprint density at radius 2 is 1.00 bits per heavy atom. The number of aromatic nitrogens is 2. The van der Waals surface area contributed by atoms with Crippen molar-refractivity contribution in [1.29, 1.82) is 0 Å². The van der Waals surface area contributed by atoms with Gasteiger partial charge in [-0.25, -0.2) is 0 Å². The highest BCUT2D eigenvalue weighted by Gasteiger charge is 2.51. The van der Waals surface area contributed by atoms with Gasteiger partial charge in [0.25, 0.3) is 11.8 Å². The quantitative estimate of drug-likeness (QED) is 0.109. The van der Waals surface area contributed by atoms with Gasteiger partial charge in [0.2, 0.25) is 0 Å². The molecule has 4 heterocycles. The molecule has 0 spiro atoms. The summed E-state index contributed by atoms with van der Waals surface area (Å²) in [6.07, 6.45) is -3.67. The van der Waals surface area contributed by atoms with E-state index < -0.39 is 30.6 Å². The van der Waals surface area contributed by atoms with Gasteiger partial charge in [-0.3, -0.25) is 14.5 Å². The lowest BCUT2D eigenvalue weighted by atomic mass is 9.95. The van der Waals surface area contributed by atoms with E-state index in [-0.39, 0.29) is 31.6 Å². The van der Waals surface area contributed by atoms with E-state index in [1.807, 2.05) is 170 Å². The first-order valence-electron chi connectivity index (χ1n) is 22.1. The number of benzene rings is 7. The Morgan fingerprint density at radius 3 is 1.60 bits per heavy atom. The molecule has 9 aromatic rings. The Morgan fingerprint density at radius 1 is 0.523 bits per heavy atom. The third kappa shape index (κ3) is 7.49. The molecule has 1 fully saturated rings. The minimum Gasteiger partial charge on any atom is -0.374 e. The van der Waals surface area contributed by atoms with Gasteiger partial charge in [0, 0.05) is 34.1 Å². The summed E-state index contributed by atoms with van der Waals surface area (Å²) in [6, 6.07) is 56.2. The van der Waals surface area contributed by atoms with Gasteiger partial charge >= 0.3 is 0 Å². The summed E-state index contributed by atoms with van der Waals surface area (Å²) in [5, 5.41) is 3.02. The predicted octanol–water partition coefficient (Wildman–Crippen LogP) is 10.5. The smallest absolute Gasteiger partial charge is 0.262 e. The lowest BCUT2D eigenvalue weighted by Gasteiger charge is -2.47. The largest absolute Gasteiger partial charge is 0.374 e. The van der Waals surface area contributed by atoms with Gasteiger partial charge in [0.15, 0.2) is 6.23 Å². The van der Waals surface area contributed by atoms with Gasteiger partial charge < -0.3 is 33.2 Å². The Labute approximate surface area is 375 Å². The number of para-hydroxylation sites is 2. The van der Waals surface area contributed by atoms with Crippen LogP contribution in [0.15, 0.2) is 170 Å². The van der Waals surface area contributed by atoms with Crippen LogP contribution in [0.5, 0.6) is 0 Å². The van der Waals surface area contributed by atoms with Crippen LogP contribution in [0, 0.1) is 0 Å². The highest BCUT2D eigenvalue weighted by Crippen LogP contribution is 2.48. The second-order valence-corrected chi connectivity index (χ2v) is 16.8. The molecule has 0 bridgehead atoms. The number of nitrogens with zero attached hydrogens (tertiary/aromatic N) is 2. The van der Waals surface area contributed by atoms with Crippen LogP contribution in [0.2, 0.25) is 0 Å². The number of hydrogen-bond acceptors (Lipinski definition) is 7. The van der Waals surface area contributed by atoms with Crippen LogP contribution in [0.3, 0.4) is 0 Å². The molecule has 5 atom stereocenters. The van der Waals surface area contributed by atoms with Crippen molar-refractivity contribution < 1.29 is 33.3 Å². The number of fused-ring (bicyclic) bond motifs is 10. The normalized spacial score (nSPS) is 19.8. The van der Waals surface area contributed by atoms with Gasteiger partial charge in [-0.15, -0.1) is 0 Å². The molecular weight excluding hydrogens is 815 g/mol. The number of nitrogens with one attached hydrogen (secondary N) is 1. The SMILES string of the molecule is CN1C(=O)c2c(c3c4ccccc4n([C@@H]4O[C@H](COCc5ccccc5)[C@@H](OCc5ccccc5)[C@H](OCc5ccccc5)[C@H]4OCc4ccccc4)c3c3[nH]c4ccccc4c23)C1=O. The van der Waals surface area contributed by atoms with E-state index in [9.17, 15) is 9.59 Å².